The molecule has 0 radical (unpaired) electrons. The number of benzene rings is 6. The van der Waals surface area contributed by atoms with E-state index in [0.29, 0.717) is 0 Å². The van der Waals surface area contributed by atoms with Crippen molar-refractivity contribution in [1.82, 2.24) is 0 Å². The van der Waals surface area contributed by atoms with Gasteiger partial charge in [0.1, 0.15) is 0 Å². The lowest BCUT2D eigenvalue weighted by atomic mass is 9.35. The minimum atomic E-state index is -0.104. The summed E-state index contributed by atoms with van der Waals surface area (Å²) in [6.07, 6.45) is 7.17. The van der Waals surface area contributed by atoms with E-state index < -0.39 is 0 Å². The fourth-order valence-electron chi connectivity index (χ4n) is 13.7. The summed E-state index contributed by atoms with van der Waals surface area (Å²) in [4.78, 5) is 5.50. The van der Waals surface area contributed by atoms with Crippen molar-refractivity contribution in [3.05, 3.63) is 136 Å². The third-order valence-electron chi connectivity index (χ3n) is 18.6. The van der Waals surface area contributed by atoms with Gasteiger partial charge in [-0.05, 0) is 180 Å². The first-order chi connectivity index (χ1) is 31.8. The number of hydrogen-bond donors (Lipinski definition) is 0. The summed E-state index contributed by atoms with van der Waals surface area (Å²) >= 11 is 2.08. The summed E-state index contributed by atoms with van der Waals surface area (Å²) in [6, 6.07) is 39.7. The number of rotatable bonds is 2. The fraction of sp³-hybridized carbons (Fsp3) is 0.438. The number of thiophene rings is 1. The average molecular weight is 913 g/mol. The first kappa shape index (κ1) is 44.4. The van der Waals surface area contributed by atoms with E-state index in [1.54, 1.807) is 0 Å². The highest BCUT2D eigenvalue weighted by atomic mass is 32.1. The molecule has 12 rings (SSSR count). The zero-order valence-electron chi connectivity index (χ0n) is 43.9. The van der Waals surface area contributed by atoms with Crippen LogP contribution in [0.15, 0.2) is 97.1 Å². The highest BCUT2D eigenvalue weighted by molar-refractivity contribution is 7.33. The Kier molecular flexibility index (Phi) is 9.12. The first-order valence-corrected chi connectivity index (χ1v) is 26.8. The molecule has 7 aromatic rings. The van der Waals surface area contributed by atoms with Crippen LogP contribution in [0.4, 0.5) is 34.1 Å². The second-order valence-electron chi connectivity index (χ2n) is 27.0. The Morgan fingerprint density at radius 1 is 0.456 bits per heavy atom. The SMILES string of the molecule is CC(C)(C)c1cc2c3c(c1)N(c1cccc4ccccc14)c1c(sc4cc5c(cc14)C(C)(C)CCC5(C)C)B3c1cc3c(cc1N2c1ccc2c(c1)C(C)(C)CCC2(C)C)C(C)(C)CCC3(C)C. The maximum atomic E-state index is 2.75. The zero-order chi connectivity index (χ0) is 48.0. The van der Waals surface area contributed by atoms with Gasteiger partial charge in [-0.1, -0.05) is 152 Å². The highest BCUT2D eigenvalue weighted by Gasteiger charge is 2.50. The van der Waals surface area contributed by atoms with Gasteiger partial charge in [0.2, 0.25) is 0 Å². The van der Waals surface area contributed by atoms with Gasteiger partial charge in [-0.2, -0.15) is 0 Å². The van der Waals surface area contributed by atoms with Gasteiger partial charge in [-0.3, -0.25) is 0 Å². The molecule has 1 aromatic heterocycles. The average Bonchev–Trinajstić information content (AvgIpc) is 3.65. The standard InChI is InChI=1S/C64H73BN2S/c1-58(2,3)39-31-52-55-53(32-39)67(50-22-18-20-38-19-16-17-21-41(38)50)56-42-34-45-48(64(14,15)30-27-61(45,8)9)37-54(42)68-57(56)65(55)49-35-46-47(63(12,13)29-28-62(46,10)11)36-51(49)66(52)40-23-24-43-44(33-40)60(6,7)26-25-59(43,4)5/h16-24,31-37H,25-30H2,1-15H3. The summed E-state index contributed by atoms with van der Waals surface area (Å²) in [5, 5.41) is 3.97. The Labute approximate surface area is 412 Å². The molecule has 3 heterocycles. The summed E-state index contributed by atoms with van der Waals surface area (Å²) < 4.78 is 2.89. The van der Waals surface area contributed by atoms with Crippen molar-refractivity contribution in [2.24, 2.45) is 0 Å². The third-order valence-corrected chi connectivity index (χ3v) is 19.8. The van der Waals surface area contributed by atoms with Gasteiger partial charge in [0.15, 0.2) is 0 Å². The van der Waals surface area contributed by atoms with Gasteiger partial charge in [0, 0.05) is 43.0 Å². The summed E-state index contributed by atoms with van der Waals surface area (Å²) in [5.74, 6) is 0. The van der Waals surface area contributed by atoms with Crippen molar-refractivity contribution in [1.29, 1.82) is 0 Å². The minimum Gasteiger partial charge on any atom is -0.311 e. The van der Waals surface area contributed by atoms with E-state index in [0.717, 1.165) is 0 Å². The largest absolute Gasteiger partial charge is 0.311 e. The van der Waals surface area contributed by atoms with Gasteiger partial charge in [0.05, 0.1) is 11.4 Å². The Bertz CT molecular complexity index is 3300. The number of fused-ring (bicyclic) bond motifs is 10. The van der Waals surface area contributed by atoms with E-state index in [9.17, 15) is 0 Å². The van der Waals surface area contributed by atoms with Crippen LogP contribution in [0.5, 0.6) is 0 Å². The maximum Gasteiger partial charge on any atom is 0.264 e. The topological polar surface area (TPSA) is 6.48 Å². The van der Waals surface area contributed by atoms with Crippen LogP contribution in [0, 0.1) is 0 Å². The van der Waals surface area contributed by atoms with Crippen LogP contribution in [-0.2, 0) is 37.9 Å². The van der Waals surface area contributed by atoms with E-state index >= 15 is 0 Å². The van der Waals surface area contributed by atoms with Crippen LogP contribution in [0.1, 0.15) is 181 Å². The molecule has 0 bridgehead atoms. The molecular weight excluding hydrogens is 840 g/mol. The quantitative estimate of drug-likeness (QED) is 0.159. The molecule has 4 heteroatoms. The molecule has 68 heavy (non-hydrogen) atoms. The lowest BCUT2D eigenvalue weighted by Crippen LogP contribution is -2.61. The molecule has 0 amide bonds. The molecule has 6 aromatic carbocycles. The Hall–Kier alpha value is -4.80. The predicted molar refractivity (Wildman–Crippen MR) is 298 cm³/mol. The predicted octanol–water partition coefficient (Wildman–Crippen LogP) is 16.5. The second kappa shape index (κ2) is 14.0. The van der Waals surface area contributed by atoms with Gasteiger partial charge < -0.3 is 9.80 Å². The molecule has 2 aliphatic heterocycles. The van der Waals surface area contributed by atoms with Gasteiger partial charge >= 0.3 is 0 Å². The molecular formula is C64H73BN2S. The van der Waals surface area contributed by atoms with Crippen LogP contribution in [0.3, 0.4) is 0 Å². The minimum absolute atomic E-state index is 0.0608. The zero-order valence-corrected chi connectivity index (χ0v) is 44.7. The molecule has 0 atom stereocenters. The lowest BCUT2D eigenvalue weighted by Gasteiger charge is -2.48. The Morgan fingerprint density at radius 2 is 0.971 bits per heavy atom. The number of nitrogens with zero attached hydrogens (tertiary/aromatic N) is 2. The molecule has 0 saturated heterocycles. The van der Waals surface area contributed by atoms with E-state index in [1.165, 1.54) is 148 Å². The van der Waals surface area contributed by atoms with Gasteiger partial charge in [-0.25, -0.2) is 0 Å². The molecule has 348 valence electrons. The third kappa shape index (κ3) is 6.26. The van der Waals surface area contributed by atoms with E-state index in [-0.39, 0.29) is 44.6 Å². The monoisotopic (exact) mass is 913 g/mol. The Balaban J connectivity index is 1.26. The molecule has 5 aliphatic rings. The van der Waals surface area contributed by atoms with Gasteiger partial charge in [0.25, 0.3) is 6.71 Å². The molecule has 0 unspecified atom stereocenters. The van der Waals surface area contributed by atoms with Crippen LogP contribution in [-0.4, -0.2) is 6.71 Å². The van der Waals surface area contributed by atoms with Crippen molar-refractivity contribution in [3.8, 4) is 0 Å². The lowest BCUT2D eigenvalue weighted by molar-refractivity contribution is 0.332. The molecule has 0 spiro atoms. The number of anilines is 6. The van der Waals surface area contributed by atoms with Crippen LogP contribution >= 0.6 is 11.3 Å². The fourth-order valence-corrected chi connectivity index (χ4v) is 15.0. The van der Waals surface area contributed by atoms with E-state index in [4.69, 9.17) is 0 Å². The molecule has 3 aliphatic carbocycles. The van der Waals surface area contributed by atoms with Crippen molar-refractivity contribution >= 4 is 88.7 Å². The smallest absolute Gasteiger partial charge is 0.264 e. The normalized spacial score (nSPS) is 20.8. The molecule has 0 N–H and O–H groups in total. The van der Waals surface area contributed by atoms with Crippen molar-refractivity contribution in [3.63, 3.8) is 0 Å². The molecule has 2 nitrogen and oxygen atoms in total. The maximum absolute atomic E-state index is 2.75. The van der Waals surface area contributed by atoms with Gasteiger partial charge in [-0.15, -0.1) is 11.3 Å². The summed E-state index contributed by atoms with van der Waals surface area (Å²) in [7, 11) is 0. The summed E-state index contributed by atoms with van der Waals surface area (Å²) in [5.41, 5.74) is 21.8. The summed E-state index contributed by atoms with van der Waals surface area (Å²) in [6.45, 7) is 37.2. The van der Waals surface area contributed by atoms with Crippen LogP contribution < -0.4 is 25.5 Å². The van der Waals surface area contributed by atoms with Crippen molar-refractivity contribution in [2.45, 2.75) is 180 Å². The van der Waals surface area contributed by atoms with Crippen LogP contribution in [0.25, 0.3) is 20.9 Å². The number of hydrogen-bond acceptors (Lipinski definition) is 3. The molecule has 0 fully saturated rings. The second-order valence-corrected chi connectivity index (χ2v) is 28.1. The first-order valence-electron chi connectivity index (χ1n) is 26.0. The Morgan fingerprint density at radius 3 is 1.59 bits per heavy atom. The van der Waals surface area contributed by atoms with Crippen LogP contribution in [0.2, 0.25) is 0 Å². The van der Waals surface area contributed by atoms with E-state index in [1.807, 2.05) is 0 Å². The van der Waals surface area contributed by atoms with Crippen molar-refractivity contribution in [2.75, 3.05) is 9.80 Å². The molecule has 0 saturated carbocycles. The van der Waals surface area contributed by atoms with Crippen molar-refractivity contribution < 1.29 is 0 Å². The van der Waals surface area contributed by atoms with E-state index in [2.05, 4.69) is 222 Å². The highest BCUT2D eigenvalue weighted by Crippen LogP contribution is 2.56.